The van der Waals surface area contributed by atoms with Gasteiger partial charge in [-0.3, -0.25) is 0 Å². The molecule has 0 radical (unpaired) electrons. The van der Waals surface area contributed by atoms with Crippen LogP contribution in [0.3, 0.4) is 0 Å². The van der Waals surface area contributed by atoms with Crippen LogP contribution in [0.1, 0.15) is 11.1 Å². The topological polar surface area (TPSA) is 114 Å². The summed E-state index contributed by atoms with van der Waals surface area (Å²) in [5.74, 6) is 2.10. The first-order chi connectivity index (χ1) is 13.7. The van der Waals surface area contributed by atoms with Crippen LogP contribution in [0.5, 0.6) is 5.75 Å². The van der Waals surface area contributed by atoms with Gasteiger partial charge in [0.15, 0.2) is 0 Å². The van der Waals surface area contributed by atoms with Gasteiger partial charge in [0.1, 0.15) is 40.4 Å². The summed E-state index contributed by atoms with van der Waals surface area (Å²) in [6, 6.07) is 11.6. The minimum absolute atomic E-state index is 0.0743. The second-order valence-electron chi connectivity index (χ2n) is 6.67. The lowest BCUT2D eigenvalue weighted by molar-refractivity contribution is -0.0796. The fourth-order valence-corrected chi connectivity index (χ4v) is 3.98. The van der Waals surface area contributed by atoms with Crippen LogP contribution in [0.25, 0.3) is 11.1 Å². The molecule has 1 aromatic carbocycles. The van der Waals surface area contributed by atoms with E-state index in [1.807, 2.05) is 24.3 Å². The summed E-state index contributed by atoms with van der Waals surface area (Å²) in [5.41, 5.74) is 7.88. The number of thioether (sulfide) groups is 1. The number of pyridine rings is 1. The number of aromatic nitrogens is 1. The highest BCUT2D eigenvalue weighted by molar-refractivity contribution is 7.99. The molecule has 8 heteroatoms. The van der Waals surface area contributed by atoms with Gasteiger partial charge in [0.2, 0.25) is 0 Å². The van der Waals surface area contributed by atoms with Crippen molar-refractivity contribution in [3.8, 4) is 29.0 Å². The van der Waals surface area contributed by atoms with Crippen LogP contribution >= 0.6 is 11.8 Å². The lowest BCUT2D eigenvalue weighted by Gasteiger charge is -2.26. The average molecular weight is 394 g/mol. The Hall–Kier alpha value is -2.78. The van der Waals surface area contributed by atoms with E-state index in [1.54, 1.807) is 0 Å². The first kappa shape index (κ1) is 18.6. The summed E-state index contributed by atoms with van der Waals surface area (Å²) in [6.07, 6.45) is 0.0743. The highest BCUT2D eigenvalue weighted by Crippen LogP contribution is 2.37. The molecule has 2 saturated heterocycles. The number of hydrogen-bond acceptors (Lipinski definition) is 8. The standard InChI is InChI=1S/C20H18N4O3S/c21-5-16-18(13-1-3-14(4-2-13)27-15-9-26-10-15)17(6-22)20(24-19(16)23)28-11-12-7-25-8-12/h1-4,12,15H,7-11H2,(H2,23,24). The lowest BCUT2D eigenvalue weighted by atomic mass is 9.97. The first-order valence-electron chi connectivity index (χ1n) is 8.88. The fraction of sp³-hybridized carbons (Fsp3) is 0.350. The maximum Gasteiger partial charge on any atom is 0.145 e. The van der Waals surface area contributed by atoms with Gasteiger partial charge in [0.25, 0.3) is 0 Å². The van der Waals surface area contributed by atoms with Crippen molar-refractivity contribution in [2.45, 2.75) is 11.1 Å². The van der Waals surface area contributed by atoms with Crippen molar-refractivity contribution in [3.63, 3.8) is 0 Å². The number of anilines is 1. The highest BCUT2D eigenvalue weighted by Gasteiger charge is 2.24. The number of ether oxygens (including phenoxy) is 3. The quantitative estimate of drug-likeness (QED) is 0.744. The molecule has 2 aliphatic heterocycles. The monoisotopic (exact) mass is 394 g/mol. The minimum atomic E-state index is 0.0743. The zero-order chi connectivity index (χ0) is 19.5. The second kappa shape index (κ2) is 8.07. The Bertz CT molecular complexity index is 957. The van der Waals surface area contributed by atoms with Crippen molar-refractivity contribution in [1.29, 1.82) is 10.5 Å². The molecule has 28 heavy (non-hydrogen) atoms. The van der Waals surface area contributed by atoms with Crippen molar-refractivity contribution in [2.24, 2.45) is 5.92 Å². The van der Waals surface area contributed by atoms with Crippen molar-refractivity contribution in [2.75, 3.05) is 37.9 Å². The Kier molecular flexibility index (Phi) is 5.36. The van der Waals surface area contributed by atoms with Crippen LogP contribution in [0.4, 0.5) is 5.82 Å². The summed E-state index contributed by atoms with van der Waals surface area (Å²) in [4.78, 5) is 4.32. The fourth-order valence-electron chi connectivity index (χ4n) is 2.94. The van der Waals surface area contributed by atoms with E-state index >= 15 is 0 Å². The van der Waals surface area contributed by atoms with Crippen LogP contribution in [-0.2, 0) is 9.47 Å². The number of nitrogens with zero attached hydrogens (tertiary/aromatic N) is 3. The number of nitriles is 2. The van der Waals surface area contributed by atoms with Gasteiger partial charge in [-0.2, -0.15) is 10.5 Å². The van der Waals surface area contributed by atoms with Crippen molar-refractivity contribution < 1.29 is 14.2 Å². The Labute approximate surface area is 167 Å². The van der Waals surface area contributed by atoms with Gasteiger partial charge < -0.3 is 19.9 Å². The molecule has 2 fully saturated rings. The third kappa shape index (κ3) is 3.63. The molecule has 3 heterocycles. The molecule has 0 spiro atoms. The zero-order valence-electron chi connectivity index (χ0n) is 15.1. The largest absolute Gasteiger partial charge is 0.486 e. The number of nitrogen functional groups attached to an aromatic ring is 1. The summed E-state index contributed by atoms with van der Waals surface area (Å²) in [7, 11) is 0. The van der Waals surface area contributed by atoms with E-state index < -0.39 is 0 Å². The molecule has 2 aromatic rings. The second-order valence-corrected chi connectivity index (χ2v) is 7.68. The Morgan fingerprint density at radius 2 is 1.75 bits per heavy atom. The lowest BCUT2D eigenvalue weighted by Crippen LogP contribution is -2.38. The van der Waals surface area contributed by atoms with E-state index in [0.29, 0.717) is 35.3 Å². The summed E-state index contributed by atoms with van der Waals surface area (Å²) < 4.78 is 16.1. The highest BCUT2D eigenvalue weighted by atomic mass is 32.2. The van der Waals surface area contributed by atoms with Gasteiger partial charge in [-0.05, 0) is 17.7 Å². The van der Waals surface area contributed by atoms with Crippen LogP contribution in [0.2, 0.25) is 0 Å². The molecule has 7 nitrogen and oxygen atoms in total. The molecule has 142 valence electrons. The van der Waals surface area contributed by atoms with Gasteiger partial charge in [-0.15, -0.1) is 11.8 Å². The smallest absolute Gasteiger partial charge is 0.145 e. The summed E-state index contributed by atoms with van der Waals surface area (Å²) >= 11 is 1.48. The number of hydrogen-bond donors (Lipinski definition) is 1. The summed E-state index contributed by atoms with van der Waals surface area (Å²) in [5, 5.41) is 20.0. The van der Waals surface area contributed by atoms with Gasteiger partial charge in [-0.1, -0.05) is 12.1 Å². The number of benzene rings is 1. The Morgan fingerprint density at radius 1 is 1.07 bits per heavy atom. The van der Waals surface area contributed by atoms with E-state index in [4.69, 9.17) is 19.9 Å². The third-order valence-electron chi connectivity index (χ3n) is 4.63. The van der Waals surface area contributed by atoms with Crippen LogP contribution < -0.4 is 10.5 Å². The van der Waals surface area contributed by atoms with E-state index in [2.05, 4.69) is 17.1 Å². The Balaban J connectivity index is 1.68. The van der Waals surface area contributed by atoms with Crippen molar-refractivity contribution in [1.82, 2.24) is 4.98 Å². The molecule has 0 bridgehead atoms. The maximum atomic E-state index is 9.80. The molecule has 1 aromatic heterocycles. The van der Waals surface area contributed by atoms with E-state index in [1.165, 1.54) is 11.8 Å². The average Bonchev–Trinajstić information content (AvgIpc) is 2.63. The first-order valence-corrected chi connectivity index (χ1v) is 9.87. The Morgan fingerprint density at radius 3 is 2.29 bits per heavy atom. The molecular weight excluding hydrogens is 376 g/mol. The van der Waals surface area contributed by atoms with Crippen molar-refractivity contribution in [3.05, 3.63) is 35.4 Å². The van der Waals surface area contributed by atoms with Gasteiger partial charge in [0.05, 0.1) is 32.0 Å². The van der Waals surface area contributed by atoms with Crippen LogP contribution in [0, 0.1) is 28.6 Å². The van der Waals surface area contributed by atoms with Crippen LogP contribution in [-0.4, -0.2) is 43.3 Å². The van der Waals surface area contributed by atoms with Crippen LogP contribution in [0.15, 0.2) is 29.3 Å². The zero-order valence-corrected chi connectivity index (χ0v) is 15.9. The molecule has 0 atom stereocenters. The maximum absolute atomic E-state index is 9.80. The van der Waals surface area contributed by atoms with E-state index in [0.717, 1.165) is 30.3 Å². The molecular formula is C20H18N4O3S. The van der Waals surface area contributed by atoms with Gasteiger partial charge in [-0.25, -0.2) is 4.98 Å². The molecule has 0 unspecified atom stereocenters. The van der Waals surface area contributed by atoms with E-state index in [9.17, 15) is 10.5 Å². The normalized spacial score (nSPS) is 16.5. The molecule has 0 saturated carbocycles. The van der Waals surface area contributed by atoms with E-state index in [-0.39, 0.29) is 17.5 Å². The predicted molar refractivity (Wildman–Crippen MR) is 104 cm³/mol. The minimum Gasteiger partial charge on any atom is -0.486 e. The summed E-state index contributed by atoms with van der Waals surface area (Å²) in [6.45, 7) is 2.63. The van der Waals surface area contributed by atoms with Gasteiger partial charge in [0, 0.05) is 17.2 Å². The molecule has 0 aliphatic carbocycles. The van der Waals surface area contributed by atoms with Crippen molar-refractivity contribution >= 4 is 17.6 Å². The van der Waals surface area contributed by atoms with Gasteiger partial charge >= 0.3 is 0 Å². The molecule has 4 rings (SSSR count). The molecule has 2 N–H and O–H groups in total. The number of nitrogens with two attached hydrogens (primary N) is 1. The third-order valence-corrected chi connectivity index (χ3v) is 5.84. The number of rotatable bonds is 6. The SMILES string of the molecule is N#Cc1c(N)nc(SCC2COC2)c(C#N)c1-c1ccc(OC2COC2)cc1. The predicted octanol–water partition coefficient (Wildman–Crippen LogP) is 2.59. The molecule has 2 aliphatic rings. The molecule has 0 amide bonds.